The smallest absolute Gasteiger partial charge is 0.260 e. The summed E-state index contributed by atoms with van der Waals surface area (Å²) in [6.07, 6.45) is 1.65. The van der Waals surface area contributed by atoms with Crippen molar-refractivity contribution in [3.63, 3.8) is 0 Å². The molecule has 1 aromatic carbocycles. The summed E-state index contributed by atoms with van der Waals surface area (Å²) in [7, 11) is 3.08. The number of ether oxygens (including phenoxy) is 2. The highest BCUT2D eigenvalue weighted by Crippen LogP contribution is 2.25. The van der Waals surface area contributed by atoms with Crippen molar-refractivity contribution in [1.82, 2.24) is 9.78 Å². The number of nitrogens with one attached hydrogen (secondary N) is 1. The van der Waals surface area contributed by atoms with Crippen LogP contribution in [0.1, 0.15) is 30.2 Å². The van der Waals surface area contributed by atoms with Gasteiger partial charge in [0.2, 0.25) is 0 Å². The van der Waals surface area contributed by atoms with Gasteiger partial charge in [0.05, 0.1) is 26.0 Å². The first-order valence-corrected chi connectivity index (χ1v) is 6.63. The Kier molecular flexibility index (Phi) is 4.47. The van der Waals surface area contributed by atoms with Crippen LogP contribution in [0.4, 0.5) is 5.82 Å². The largest absolute Gasteiger partial charge is 0.497 e. The van der Waals surface area contributed by atoms with Crippen LogP contribution in [0.15, 0.2) is 30.5 Å². The van der Waals surface area contributed by atoms with E-state index in [9.17, 15) is 4.79 Å². The van der Waals surface area contributed by atoms with Gasteiger partial charge in [0.1, 0.15) is 17.3 Å². The molecule has 21 heavy (non-hydrogen) atoms. The molecule has 112 valence electrons. The minimum Gasteiger partial charge on any atom is -0.497 e. The number of hydrogen-bond acceptors (Lipinski definition) is 4. The van der Waals surface area contributed by atoms with Gasteiger partial charge in [-0.1, -0.05) is 0 Å². The first-order valence-electron chi connectivity index (χ1n) is 6.63. The van der Waals surface area contributed by atoms with Crippen LogP contribution < -0.4 is 14.8 Å². The topological polar surface area (TPSA) is 65.4 Å². The number of aromatic nitrogens is 2. The maximum atomic E-state index is 12.4. The van der Waals surface area contributed by atoms with Crippen molar-refractivity contribution in [1.29, 1.82) is 0 Å². The summed E-state index contributed by atoms with van der Waals surface area (Å²) in [6.45, 7) is 3.99. The van der Waals surface area contributed by atoms with Gasteiger partial charge in [-0.2, -0.15) is 5.10 Å². The van der Waals surface area contributed by atoms with E-state index in [1.165, 1.54) is 7.11 Å². The third kappa shape index (κ3) is 3.16. The van der Waals surface area contributed by atoms with E-state index >= 15 is 0 Å². The van der Waals surface area contributed by atoms with Gasteiger partial charge < -0.3 is 14.8 Å². The molecule has 0 saturated carbocycles. The molecule has 2 aromatic rings. The molecule has 1 N–H and O–H groups in total. The molecule has 0 aliphatic heterocycles. The normalized spacial score (nSPS) is 10.5. The maximum absolute atomic E-state index is 12.4. The fraction of sp³-hybridized carbons (Fsp3) is 0.333. The molecule has 0 bridgehead atoms. The second-order valence-electron chi connectivity index (χ2n) is 4.78. The Morgan fingerprint density at radius 3 is 2.62 bits per heavy atom. The summed E-state index contributed by atoms with van der Waals surface area (Å²) >= 11 is 0. The highest BCUT2D eigenvalue weighted by atomic mass is 16.5. The summed E-state index contributed by atoms with van der Waals surface area (Å²) in [6, 6.07) is 6.98. The molecule has 0 unspecified atom stereocenters. The number of amides is 1. The fourth-order valence-electron chi connectivity index (χ4n) is 1.99. The fourth-order valence-corrected chi connectivity index (χ4v) is 1.99. The van der Waals surface area contributed by atoms with Gasteiger partial charge in [-0.15, -0.1) is 0 Å². The number of anilines is 1. The SMILES string of the molecule is COc1ccc(C(=O)Nc2ccnn2C(C)C)c(OC)c1. The average molecular weight is 289 g/mol. The number of rotatable bonds is 5. The lowest BCUT2D eigenvalue weighted by atomic mass is 10.1. The van der Waals surface area contributed by atoms with Crippen LogP contribution in [0, 0.1) is 0 Å². The van der Waals surface area contributed by atoms with Crippen LogP contribution in [0.5, 0.6) is 11.5 Å². The van der Waals surface area contributed by atoms with Crippen LogP contribution in [0.2, 0.25) is 0 Å². The van der Waals surface area contributed by atoms with Gasteiger partial charge in [0, 0.05) is 18.2 Å². The van der Waals surface area contributed by atoms with Crippen LogP contribution in [-0.4, -0.2) is 29.9 Å². The third-order valence-corrected chi connectivity index (χ3v) is 3.05. The predicted octanol–water partition coefficient (Wildman–Crippen LogP) is 2.73. The molecular formula is C15H19N3O3. The van der Waals surface area contributed by atoms with Crippen LogP contribution >= 0.6 is 0 Å². The standard InChI is InChI=1S/C15H19N3O3/c1-10(2)18-14(7-8-16-18)17-15(19)12-6-5-11(20-3)9-13(12)21-4/h5-10H,1-4H3,(H,17,19). The Balaban J connectivity index is 2.26. The lowest BCUT2D eigenvalue weighted by Gasteiger charge is -2.13. The summed E-state index contributed by atoms with van der Waals surface area (Å²) in [4.78, 5) is 12.4. The minimum absolute atomic E-state index is 0.160. The van der Waals surface area contributed by atoms with Crippen molar-refractivity contribution in [3.8, 4) is 11.5 Å². The molecule has 0 atom stereocenters. The highest BCUT2D eigenvalue weighted by Gasteiger charge is 2.16. The third-order valence-electron chi connectivity index (χ3n) is 3.05. The van der Waals surface area contributed by atoms with E-state index in [4.69, 9.17) is 9.47 Å². The molecule has 1 heterocycles. The molecule has 0 fully saturated rings. The summed E-state index contributed by atoms with van der Waals surface area (Å²) < 4.78 is 12.1. The Morgan fingerprint density at radius 2 is 2.00 bits per heavy atom. The van der Waals surface area contributed by atoms with Crippen LogP contribution in [-0.2, 0) is 0 Å². The van der Waals surface area contributed by atoms with Gasteiger partial charge >= 0.3 is 0 Å². The number of nitrogens with zero attached hydrogens (tertiary/aromatic N) is 2. The lowest BCUT2D eigenvalue weighted by Crippen LogP contribution is -2.17. The Labute approximate surface area is 123 Å². The van der Waals surface area contributed by atoms with Gasteiger partial charge in [-0.05, 0) is 26.0 Å². The van der Waals surface area contributed by atoms with E-state index in [1.807, 2.05) is 13.8 Å². The summed E-state index contributed by atoms with van der Waals surface area (Å²) in [5.41, 5.74) is 0.440. The summed E-state index contributed by atoms with van der Waals surface area (Å²) in [5.74, 6) is 1.49. The van der Waals surface area contributed by atoms with Crippen molar-refractivity contribution in [3.05, 3.63) is 36.0 Å². The molecule has 1 amide bonds. The molecule has 0 saturated heterocycles. The van der Waals surface area contributed by atoms with Crippen LogP contribution in [0.25, 0.3) is 0 Å². The molecule has 2 rings (SSSR count). The molecule has 0 aliphatic rings. The molecule has 0 aliphatic carbocycles. The molecule has 0 spiro atoms. The van der Waals surface area contributed by atoms with Crippen molar-refractivity contribution >= 4 is 11.7 Å². The molecule has 6 heteroatoms. The average Bonchev–Trinajstić information content (AvgIpc) is 2.94. The zero-order valence-electron chi connectivity index (χ0n) is 12.6. The van der Waals surface area contributed by atoms with Crippen LogP contribution in [0.3, 0.4) is 0 Å². The first kappa shape index (κ1) is 14.9. The Bertz CT molecular complexity index is 635. The van der Waals surface area contributed by atoms with Crippen molar-refractivity contribution < 1.29 is 14.3 Å². The number of benzene rings is 1. The second kappa shape index (κ2) is 6.30. The number of carbonyl (C=O) groups excluding carboxylic acids is 1. The lowest BCUT2D eigenvalue weighted by molar-refractivity contribution is 0.102. The van der Waals surface area contributed by atoms with E-state index in [0.29, 0.717) is 22.9 Å². The van der Waals surface area contributed by atoms with Gasteiger partial charge in [-0.3, -0.25) is 4.79 Å². The van der Waals surface area contributed by atoms with E-state index in [-0.39, 0.29) is 11.9 Å². The molecule has 6 nitrogen and oxygen atoms in total. The van der Waals surface area contributed by atoms with E-state index < -0.39 is 0 Å². The summed E-state index contributed by atoms with van der Waals surface area (Å²) in [5, 5.41) is 7.02. The highest BCUT2D eigenvalue weighted by molar-refractivity contribution is 6.05. The first-order chi connectivity index (χ1) is 10.1. The Morgan fingerprint density at radius 1 is 1.24 bits per heavy atom. The molecule has 1 aromatic heterocycles. The van der Waals surface area contributed by atoms with Crippen molar-refractivity contribution in [2.24, 2.45) is 0 Å². The zero-order valence-corrected chi connectivity index (χ0v) is 12.6. The van der Waals surface area contributed by atoms with Gasteiger partial charge in [-0.25, -0.2) is 4.68 Å². The van der Waals surface area contributed by atoms with Gasteiger partial charge in [0.25, 0.3) is 5.91 Å². The minimum atomic E-state index is -0.253. The number of hydrogen-bond donors (Lipinski definition) is 1. The number of carbonyl (C=O) groups is 1. The van der Waals surface area contributed by atoms with E-state index in [1.54, 1.807) is 42.3 Å². The van der Waals surface area contributed by atoms with Crippen molar-refractivity contribution in [2.45, 2.75) is 19.9 Å². The maximum Gasteiger partial charge on any atom is 0.260 e. The number of methoxy groups -OCH3 is 2. The van der Waals surface area contributed by atoms with Gasteiger partial charge in [0.15, 0.2) is 0 Å². The predicted molar refractivity (Wildman–Crippen MR) is 80.1 cm³/mol. The second-order valence-corrected chi connectivity index (χ2v) is 4.78. The monoisotopic (exact) mass is 289 g/mol. The molecular weight excluding hydrogens is 270 g/mol. The molecule has 0 radical (unpaired) electrons. The van der Waals surface area contributed by atoms with E-state index in [0.717, 1.165) is 0 Å². The Hall–Kier alpha value is -2.50. The van der Waals surface area contributed by atoms with E-state index in [2.05, 4.69) is 10.4 Å². The zero-order chi connectivity index (χ0) is 15.4. The quantitative estimate of drug-likeness (QED) is 0.919. The van der Waals surface area contributed by atoms with Crippen molar-refractivity contribution in [2.75, 3.05) is 19.5 Å².